The molecular formula is C20H30N6O. The van der Waals surface area contributed by atoms with Gasteiger partial charge in [-0.1, -0.05) is 31.2 Å². The Balaban J connectivity index is 2.10. The highest BCUT2D eigenvalue weighted by Crippen LogP contribution is 2.11. The van der Waals surface area contributed by atoms with Crippen molar-refractivity contribution in [1.29, 1.82) is 0 Å². The summed E-state index contributed by atoms with van der Waals surface area (Å²) in [6.07, 6.45) is 4.70. The zero-order valence-corrected chi connectivity index (χ0v) is 16.6. The lowest BCUT2D eigenvalue weighted by atomic mass is 10.1. The van der Waals surface area contributed by atoms with Gasteiger partial charge in [-0.3, -0.25) is 9.48 Å². The summed E-state index contributed by atoms with van der Waals surface area (Å²) < 4.78 is 1.90. The van der Waals surface area contributed by atoms with Crippen LogP contribution < -0.4 is 10.6 Å². The van der Waals surface area contributed by atoms with Gasteiger partial charge in [-0.25, -0.2) is 4.99 Å². The Morgan fingerprint density at radius 3 is 2.63 bits per heavy atom. The number of nitrogens with zero attached hydrogens (tertiary/aromatic N) is 4. The number of guanidine groups is 1. The summed E-state index contributed by atoms with van der Waals surface area (Å²) in [5, 5.41) is 10.8. The Labute approximate surface area is 161 Å². The summed E-state index contributed by atoms with van der Waals surface area (Å²) in [5.74, 6) is 0.654. The summed E-state index contributed by atoms with van der Waals surface area (Å²) in [7, 11) is 3.49. The molecular weight excluding hydrogens is 340 g/mol. The first-order chi connectivity index (χ1) is 13.0. The van der Waals surface area contributed by atoms with Crippen molar-refractivity contribution in [3.8, 4) is 0 Å². The van der Waals surface area contributed by atoms with Gasteiger partial charge in [0.25, 0.3) is 0 Å². The number of carbonyl (C=O) groups is 1. The molecule has 1 unspecified atom stereocenters. The molecule has 27 heavy (non-hydrogen) atoms. The third kappa shape index (κ3) is 6.77. The summed E-state index contributed by atoms with van der Waals surface area (Å²) in [4.78, 5) is 18.1. The van der Waals surface area contributed by atoms with Crippen molar-refractivity contribution in [3.63, 3.8) is 0 Å². The molecule has 2 aromatic rings. The lowest BCUT2D eigenvalue weighted by Crippen LogP contribution is -2.45. The van der Waals surface area contributed by atoms with Crippen LogP contribution in [0.1, 0.15) is 31.4 Å². The van der Waals surface area contributed by atoms with E-state index in [1.54, 1.807) is 25.2 Å². The van der Waals surface area contributed by atoms with Crippen LogP contribution >= 0.6 is 0 Å². The standard InChI is InChI=1S/C20H30N6O/c1-5-16(2)24-20(22-14-19(27)25(3)4)21-13-17-9-6-7-10-18(17)15-26-12-8-11-23-26/h6-12,16H,5,13-15H2,1-4H3,(H2,21,22,24). The number of hydrogen-bond donors (Lipinski definition) is 2. The molecule has 0 saturated carbocycles. The fourth-order valence-corrected chi connectivity index (χ4v) is 2.40. The lowest BCUT2D eigenvalue weighted by molar-refractivity contribution is -0.127. The monoisotopic (exact) mass is 370 g/mol. The van der Waals surface area contributed by atoms with E-state index in [4.69, 9.17) is 4.99 Å². The van der Waals surface area contributed by atoms with E-state index >= 15 is 0 Å². The molecule has 1 amide bonds. The highest BCUT2D eigenvalue weighted by atomic mass is 16.2. The Bertz CT molecular complexity index is 739. The topological polar surface area (TPSA) is 74.5 Å². The molecule has 0 aliphatic carbocycles. The van der Waals surface area contributed by atoms with Crippen molar-refractivity contribution < 1.29 is 4.79 Å². The van der Waals surface area contributed by atoms with Crippen LogP contribution in [0.4, 0.5) is 0 Å². The van der Waals surface area contributed by atoms with Crippen molar-refractivity contribution >= 4 is 11.9 Å². The first kappa shape index (κ1) is 20.5. The molecule has 0 aliphatic rings. The molecule has 2 N–H and O–H groups in total. The van der Waals surface area contributed by atoms with E-state index < -0.39 is 0 Å². The molecule has 0 radical (unpaired) electrons. The third-order valence-corrected chi connectivity index (χ3v) is 4.32. The quantitative estimate of drug-likeness (QED) is 0.549. The van der Waals surface area contributed by atoms with E-state index in [2.05, 4.69) is 41.7 Å². The smallest absolute Gasteiger partial charge is 0.241 e. The van der Waals surface area contributed by atoms with Gasteiger partial charge in [0.15, 0.2) is 5.96 Å². The lowest BCUT2D eigenvalue weighted by Gasteiger charge is -2.18. The second-order valence-electron chi connectivity index (χ2n) is 6.73. The van der Waals surface area contributed by atoms with E-state index in [9.17, 15) is 4.79 Å². The minimum Gasteiger partial charge on any atom is -0.354 e. The number of hydrogen-bond acceptors (Lipinski definition) is 3. The molecule has 7 heteroatoms. The van der Waals surface area contributed by atoms with Crippen LogP contribution in [0.15, 0.2) is 47.7 Å². The van der Waals surface area contributed by atoms with E-state index in [0.717, 1.165) is 12.0 Å². The summed E-state index contributed by atoms with van der Waals surface area (Å²) in [6.45, 7) is 5.65. The largest absolute Gasteiger partial charge is 0.354 e. The van der Waals surface area contributed by atoms with Crippen molar-refractivity contribution in [1.82, 2.24) is 25.3 Å². The number of benzene rings is 1. The second kappa shape index (κ2) is 10.4. The van der Waals surface area contributed by atoms with Gasteiger partial charge in [0.2, 0.25) is 5.91 Å². The molecule has 0 bridgehead atoms. The number of aliphatic imine (C=N–C) groups is 1. The number of nitrogens with one attached hydrogen (secondary N) is 2. The zero-order chi connectivity index (χ0) is 19.6. The Morgan fingerprint density at radius 2 is 2.00 bits per heavy atom. The molecule has 2 rings (SSSR count). The van der Waals surface area contributed by atoms with Gasteiger partial charge in [0, 0.05) is 32.5 Å². The number of aromatic nitrogens is 2. The van der Waals surface area contributed by atoms with Gasteiger partial charge in [-0.2, -0.15) is 5.10 Å². The number of likely N-dealkylation sites (N-methyl/N-ethyl adjacent to an activating group) is 1. The van der Waals surface area contributed by atoms with Crippen molar-refractivity contribution in [2.45, 2.75) is 39.4 Å². The SMILES string of the molecule is CCC(C)NC(=NCc1ccccc1Cn1cccn1)NCC(=O)N(C)C. The van der Waals surface area contributed by atoms with Crippen molar-refractivity contribution in [3.05, 3.63) is 53.9 Å². The number of carbonyl (C=O) groups excluding carboxylic acids is 1. The van der Waals surface area contributed by atoms with Crippen LogP contribution in [0, 0.1) is 0 Å². The Kier molecular flexibility index (Phi) is 7.85. The van der Waals surface area contributed by atoms with Gasteiger partial charge in [0.05, 0.1) is 19.6 Å². The van der Waals surface area contributed by atoms with E-state index in [1.807, 2.05) is 29.1 Å². The predicted molar refractivity (Wildman–Crippen MR) is 108 cm³/mol. The van der Waals surface area contributed by atoms with Gasteiger partial charge in [-0.05, 0) is 30.5 Å². The van der Waals surface area contributed by atoms with Crippen LogP contribution in [-0.4, -0.2) is 53.2 Å². The van der Waals surface area contributed by atoms with Gasteiger partial charge < -0.3 is 15.5 Å². The maximum absolute atomic E-state index is 11.9. The molecule has 0 spiro atoms. The Morgan fingerprint density at radius 1 is 1.26 bits per heavy atom. The minimum absolute atomic E-state index is 0.00716. The first-order valence-electron chi connectivity index (χ1n) is 9.28. The molecule has 146 valence electrons. The summed E-state index contributed by atoms with van der Waals surface area (Å²) in [6, 6.07) is 10.4. The fourth-order valence-electron chi connectivity index (χ4n) is 2.40. The highest BCUT2D eigenvalue weighted by Gasteiger charge is 2.09. The van der Waals surface area contributed by atoms with Gasteiger partial charge >= 0.3 is 0 Å². The average Bonchev–Trinajstić information content (AvgIpc) is 3.17. The zero-order valence-electron chi connectivity index (χ0n) is 16.6. The molecule has 7 nitrogen and oxygen atoms in total. The molecule has 0 saturated heterocycles. The Hall–Kier alpha value is -2.83. The number of rotatable bonds is 8. The maximum Gasteiger partial charge on any atom is 0.241 e. The van der Waals surface area contributed by atoms with Crippen LogP contribution in [-0.2, 0) is 17.9 Å². The first-order valence-corrected chi connectivity index (χ1v) is 9.28. The molecule has 0 aliphatic heterocycles. The van der Waals surface area contributed by atoms with E-state index in [0.29, 0.717) is 19.0 Å². The predicted octanol–water partition coefficient (Wildman–Crippen LogP) is 1.85. The second-order valence-corrected chi connectivity index (χ2v) is 6.73. The van der Waals surface area contributed by atoms with Crippen LogP contribution in [0.25, 0.3) is 0 Å². The number of amides is 1. The van der Waals surface area contributed by atoms with E-state index in [-0.39, 0.29) is 18.5 Å². The molecule has 1 aromatic heterocycles. The maximum atomic E-state index is 11.9. The molecule has 1 aromatic carbocycles. The minimum atomic E-state index is 0.00716. The third-order valence-electron chi connectivity index (χ3n) is 4.32. The van der Waals surface area contributed by atoms with Gasteiger partial charge in [-0.15, -0.1) is 0 Å². The van der Waals surface area contributed by atoms with Gasteiger partial charge in [0.1, 0.15) is 0 Å². The summed E-state index contributed by atoms with van der Waals surface area (Å²) >= 11 is 0. The van der Waals surface area contributed by atoms with Crippen LogP contribution in [0.5, 0.6) is 0 Å². The summed E-state index contributed by atoms with van der Waals surface area (Å²) in [5.41, 5.74) is 2.31. The van der Waals surface area contributed by atoms with Crippen molar-refractivity contribution in [2.75, 3.05) is 20.6 Å². The van der Waals surface area contributed by atoms with E-state index in [1.165, 1.54) is 5.56 Å². The molecule has 1 atom stereocenters. The average molecular weight is 371 g/mol. The normalized spacial score (nSPS) is 12.5. The van der Waals surface area contributed by atoms with Crippen LogP contribution in [0.2, 0.25) is 0 Å². The molecule has 0 fully saturated rings. The van der Waals surface area contributed by atoms with Crippen LogP contribution in [0.3, 0.4) is 0 Å². The fraction of sp³-hybridized carbons (Fsp3) is 0.450. The van der Waals surface area contributed by atoms with Crippen molar-refractivity contribution in [2.24, 2.45) is 4.99 Å². The highest BCUT2D eigenvalue weighted by molar-refractivity contribution is 5.86. The molecule has 1 heterocycles.